The highest BCUT2D eigenvalue weighted by atomic mass is 14.9. The number of nitrogens with zero attached hydrogens (tertiary/aromatic N) is 2. The van der Waals surface area contributed by atoms with Crippen LogP contribution in [-0.4, -0.2) is 9.97 Å². The summed E-state index contributed by atoms with van der Waals surface area (Å²) in [6, 6.07) is 8.82. The van der Waals surface area contributed by atoms with Crippen LogP contribution in [0.25, 0.3) is 11.4 Å². The van der Waals surface area contributed by atoms with E-state index in [2.05, 4.69) is 55.0 Å². The van der Waals surface area contributed by atoms with Gasteiger partial charge in [0, 0.05) is 18.0 Å². The van der Waals surface area contributed by atoms with Crippen molar-refractivity contribution in [1.82, 2.24) is 9.97 Å². The van der Waals surface area contributed by atoms with Gasteiger partial charge in [0.15, 0.2) is 5.82 Å². The van der Waals surface area contributed by atoms with Gasteiger partial charge in [-0.25, -0.2) is 9.97 Å². The summed E-state index contributed by atoms with van der Waals surface area (Å²) in [6.07, 6.45) is 18.2. The molecule has 0 aliphatic carbocycles. The lowest BCUT2D eigenvalue weighted by Gasteiger charge is -2.06. The lowest BCUT2D eigenvalue weighted by molar-refractivity contribution is 0.527. The molecule has 0 saturated heterocycles. The number of hydrogen-bond donors (Lipinski definition) is 0. The molecule has 0 aliphatic heterocycles. The maximum atomic E-state index is 4.59. The highest BCUT2D eigenvalue weighted by molar-refractivity contribution is 5.55. The fourth-order valence-corrected chi connectivity index (χ4v) is 3.44. The summed E-state index contributed by atoms with van der Waals surface area (Å²) in [5.74, 6) is 1.67. The molecule has 1 heterocycles. The zero-order valence-corrected chi connectivity index (χ0v) is 17.7. The molecule has 0 atom stereocenters. The maximum absolute atomic E-state index is 4.59. The molecule has 0 radical (unpaired) electrons. The number of aromatic nitrogens is 2. The highest BCUT2D eigenvalue weighted by Crippen LogP contribution is 2.18. The minimum atomic E-state index is 0.830. The predicted molar refractivity (Wildman–Crippen MR) is 117 cm³/mol. The van der Waals surface area contributed by atoms with E-state index in [0.717, 1.165) is 23.7 Å². The Morgan fingerprint density at radius 1 is 0.704 bits per heavy atom. The molecule has 1 aromatic carbocycles. The first-order valence-corrected chi connectivity index (χ1v) is 11.1. The number of unbranched alkanes of at least 4 members (excludes halogenated alkanes) is 6. The van der Waals surface area contributed by atoms with Gasteiger partial charge in [-0.3, -0.25) is 0 Å². The fraction of sp³-hybridized carbons (Fsp3) is 0.600. The zero-order chi connectivity index (χ0) is 19.3. The highest BCUT2D eigenvalue weighted by Gasteiger charge is 2.03. The van der Waals surface area contributed by atoms with E-state index in [1.165, 1.54) is 75.3 Å². The second-order valence-electron chi connectivity index (χ2n) is 8.27. The van der Waals surface area contributed by atoms with Crippen LogP contribution in [0.5, 0.6) is 0 Å². The minimum Gasteiger partial charge on any atom is -0.236 e. The van der Waals surface area contributed by atoms with Gasteiger partial charge in [-0.2, -0.15) is 0 Å². The van der Waals surface area contributed by atoms with Crippen molar-refractivity contribution in [3.63, 3.8) is 0 Å². The number of benzene rings is 1. The average Bonchev–Trinajstić information content (AvgIpc) is 2.68. The molecule has 1 aromatic heterocycles. The van der Waals surface area contributed by atoms with Crippen LogP contribution in [0.2, 0.25) is 0 Å². The van der Waals surface area contributed by atoms with Crippen molar-refractivity contribution in [3.05, 3.63) is 47.8 Å². The molecule has 148 valence electrons. The summed E-state index contributed by atoms with van der Waals surface area (Å²) in [5.41, 5.74) is 3.80. The van der Waals surface area contributed by atoms with Crippen LogP contribution >= 0.6 is 0 Å². The first-order chi connectivity index (χ1) is 13.2. The second-order valence-corrected chi connectivity index (χ2v) is 8.27. The Morgan fingerprint density at radius 2 is 1.30 bits per heavy atom. The standard InChI is InChI=1S/C25H38N2/c1-4-5-6-7-10-14-23-19-26-25(27-20-23)24-17-15-22(16-18-24)13-11-8-9-12-21(2)3/h15-21H,4-14H2,1-3H3. The van der Waals surface area contributed by atoms with Crippen molar-refractivity contribution in [2.24, 2.45) is 5.92 Å². The SMILES string of the molecule is CCCCCCCc1cnc(-c2ccc(CCCCCC(C)C)cc2)nc1. The van der Waals surface area contributed by atoms with Crippen LogP contribution in [0.1, 0.15) is 89.7 Å². The Labute approximate surface area is 166 Å². The molecule has 27 heavy (non-hydrogen) atoms. The summed E-state index contributed by atoms with van der Waals surface area (Å²) in [5, 5.41) is 0. The van der Waals surface area contributed by atoms with Crippen molar-refractivity contribution in [1.29, 1.82) is 0 Å². The minimum absolute atomic E-state index is 0.830. The molecule has 0 saturated carbocycles. The smallest absolute Gasteiger partial charge is 0.159 e. The van der Waals surface area contributed by atoms with Crippen molar-refractivity contribution in [2.45, 2.75) is 91.4 Å². The number of hydrogen-bond acceptors (Lipinski definition) is 2. The van der Waals surface area contributed by atoms with E-state index in [1.807, 2.05) is 12.4 Å². The van der Waals surface area contributed by atoms with Gasteiger partial charge in [-0.15, -0.1) is 0 Å². The quantitative estimate of drug-likeness (QED) is 0.345. The normalized spacial score (nSPS) is 11.3. The van der Waals surface area contributed by atoms with Gasteiger partial charge in [0.2, 0.25) is 0 Å². The summed E-state index contributed by atoms with van der Waals surface area (Å²) in [4.78, 5) is 9.17. The Morgan fingerprint density at radius 3 is 1.93 bits per heavy atom. The van der Waals surface area contributed by atoms with Crippen molar-refractivity contribution in [3.8, 4) is 11.4 Å². The molecule has 0 N–H and O–H groups in total. The molecule has 0 aliphatic rings. The number of aryl methyl sites for hydroxylation is 2. The van der Waals surface area contributed by atoms with Gasteiger partial charge >= 0.3 is 0 Å². The molecule has 2 rings (SSSR count). The van der Waals surface area contributed by atoms with Gasteiger partial charge < -0.3 is 0 Å². The van der Waals surface area contributed by atoms with E-state index >= 15 is 0 Å². The molecule has 0 unspecified atom stereocenters. The average molecular weight is 367 g/mol. The van der Waals surface area contributed by atoms with Gasteiger partial charge in [0.1, 0.15) is 0 Å². The van der Waals surface area contributed by atoms with Crippen molar-refractivity contribution < 1.29 is 0 Å². The lowest BCUT2D eigenvalue weighted by Crippen LogP contribution is -1.94. The number of rotatable bonds is 13. The largest absolute Gasteiger partial charge is 0.236 e. The predicted octanol–water partition coefficient (Wildman–Crippen LogP) is 7.42. The van der Waals surface area contributed by atoms with E-state index in [4.69, 9.17) is 0 Å². The lowest BCUT2D eigenvalue weighted by atomic mass is 10.0. The van der Waals surface area contributed by atoms with Crippen LogP contribution in [0.3, 0.4) is 0 Å². The summed E-state index contributed by atoms with van der Waals surface area (Å²) >= 11 is 0. The van der Waals surface area contributed by atoms with Crippen LogP contribution in [0, 0.1) is 5.92 Å². The third-order valence-corrected chi connectivity index (χ3v) is 5.23. The van der Waals surface area contributed by atoms with E-state index < -0.39 is 0 Å². The van der Waals surface area contributed by atoms with Crippen LogP contribution in [0.15, 0.2) is 36.7 Å². The van der Waals surface area contributed by atoms with Gasteiger partial charge in [-0.1, -0.05) is 90.0 Å². The second kappa shape index (κ2) is 12.6. The maximum Gasteiger partial charge on any atom is 0.159 e. The third kappa shape index (κ3) is 8.69. The summed E-state index contributed by atoms with van der Waals surface area (Å²) in [7, 11) is 0. The monoisotopic (exact) mass is 366 g/mol. The molecule has 0 fully saturated rings. The van der Waals surface area contributed by atoms with Crippen LogP contribution < -0.4 is 0 Å². The molecular formula is C25H38N2. The molecule has 2 heteroatoms. The van der Waals surface area contributed by atoms with Crippen molar-refractivity contribution >= 4 is 0 Å². The van der Waals surface area contributed by atoms with E-state index in [-0.39, 0.29) is 0 Å². The van der Waals surface area contributed by atoms with Crippen molar-refractivity contribution in [2.75, 3.05) is 0 Å². The molecule has 2 aromatic rings. The van der Waals surface area contributed by atoms with Crippen LogP contribution in [-0.2, 0) is 12.8 Å². The molecule has 0 bridgehead atoms. The van der Waals surface area contributed by atoms with E-state index in [1.54, 1.807) is 0 Å². The van der Waals surface area contributed by atoms with Gasteiger partial charge in [0.05, 0.1) is 0 Å². The molecule has 0 spiro atoms. The van der Waals surface area contributed by atoms with Crippen LogP contribution in [0.4, 0.5) is 0 Å². The first-order valence-electron chi connectivity index (χ1n) is 11.1. The van der Waals surface area contributed by atoms with E-state index in [9.17, 15) is 0 Å². The third-order valence-electron chi connectivity index (χ3n) is 5.23. The Kier molecular flexibility index (Phi) is 10.1. The Balaban J connectivity index is 1.75. The Hall–Kier alpha value is -1.70. The van der Waals surface area contributed by atoms with Gasteiger partial charge in [-0.05, 0) is 42.7 Å². The zero-order valence-electron chi connectivity index (χ0n) is 17.7. The topological polar surface area (TPSA) is 25.8 Å². The summed E-state index contributed by atoms with van der Waals surface area (Å²) < 4.78 is 0. The molecule has 2 nitrogen and oxygen atoms in total. The molecular weight excluding hydrogens is 328 g/mol. The first kappa shape index (κ1) is 21.6. The Bertz CT molecular complexity index is 614. The molecule has 0 amide bonds. The summed E-state index contributed by atoms with van der Waals surface area (Å²) in [6.45, 7) is 6.87. The fourth-order valence-electron chi connectivity index (χ4n) is 3.44. The van der Waals surface area contributed by atoms with Gasteiger partial charge in [0.25, 0.3) is 0 Å². The van der Waals surface area contributed by atoms with E-state index in [0.29, 0.717) is 0 Å².